The maximum absolute atomic E-state index is 15.7. The molecule has 2 aliphatic rings. The normalized spacial score (nSPS) is 19.4. The first-order valence-electron chi connectivity index (χ1n) is 14.8. The van der Waals surface area contributed by atoms with Gasteiger partial charge in [0.05, 0.1) is 45.7 Å². The van der Waals surface area contributed by atoms with E-state index in [1.54, 1.807) is 6.92 Å². The molecule has 1 fully saturated rings. The molecule has 0 radical (unpaired) electrons. The average Bonchev–Trinajstić information content (AvgIpc) is 3.59. The van der Waals surface area contributed by atoms with Crippen molar-refractivity contribution < 1.29 is 41.7 Å². The Hall–Kier alpha value is -3.12. The Morgan fingerprint density at radius 3 is 2.33 bits per heavy atom. The number of nitrogens with one attached hydrogen (secondary N) is 1. The smallest absolute Gasteiger partial charge is 0.332 e. The standard InChI is InChI=1S/C32H39F3N2O6/c1-3-42-28(38)19-41-13-12-39-10-11-40-14-15-43-22-17-25(33)29(26(34)18-22)31-30-24(23-6-4-5-7-27(23)36-30)16-21(2)37(31)20-32(35)8-9-32/h4-7,17-18,21,31,36H,3,8-16,19-20H2,1-2H3/t21-,31-/m1/s1. The minimum Gasteiger partial charge on any atom is -0.491 e. The lowest BCUT2D eigenvalue weighted by Gasteiger charge is -2.41. The lowest BCUT2D eigenvalue weighted by atomic mass is 9.87. The van der Waals surface area contributed by atoms with E-state index in [0.29, 0.717) is 51.4 Å². The molecule has 2 heterocycles. The molecular formula is C32H39F3N2O6. The van der Waals surface area contributed by atoms with Gasteiger partial charge in [-0.3, -0.25) is 4.90 Å². The van der Waals surface area contributed by atoms with Crippen LogP contribution in [0.3, 0.4) is 0 Å². The first-order chi connectivity index (χ1) is 20.8. The first kappa shape index (κ1) is 31.3. The van der Waals surface area contributed by atoms with Gasteiger partial charge in [0.2, 0.25) is 0 Å². The molecule has 8 nitrogen and oxygen atoms in total. The third kappa shape index (κ3) is 7.70. The Morgan fingerprint density at radius 2 is 1.65 bits per heavy atom. The molecule has 1 aromatic heterocycles. The molecule has 0 saturated heterocycles. The lowest BCUT2D eigenvalue weighted by Crippen LogP contribution is -2.46. The number of carbonyl (C=O) groups excluding carboxylic acids is 1. The fourth-order valence-corrected chi connectivity index (χ4v) is 5.61. The van der Waals surface area contributed by atoms with E-state index in [1.165, 1.54) is 12.1 Å². The molecule has 2 aromatic carbocycles. The van der Waals surface area contributed by atoms with E-state index in [4.69, 9.17) is 23.7 Å². The Labute approximate surface area is 249 Å². The number of ether oxygens (including phenoxy) is 5. The van der Waals surface area contributed by atoms with Crippen molar-refractivity contribution >= 4 is 16.9 Å². The number of H-pyrrole nitrogens is 1. The second-order valence-electron chi connectivity index (χ2n) is 11.1. The summed E-state index contributed by atoms with van der Waals surface area (Å²) in [5.74, 6) is -1.86. The van der Waals surface area contributed by atoms with Crippen molar-refractivity contribution in [3.63, 3.8) is 0 Å². The van der Waals surface area contributed by atoms with E-state index < -0.39 is 29.3 Å². The number of nitrogens with zero attached hydrogens (tertiary/aromatic N) is 1. The van der Waals surface area contributed by atoms with Crippen molar-refractivity contribution in [3.05, 3.63) is 64.9 Å². The summed E-state index contributed by atoms with van der Waals surface area (Å²) in [5.41, 5.74) is 1.17. The van der Waals surface area contributed by atoms with E-state index in [9.17, 15) is 4.79 Å². The topological polar surface area (TPSA) is 82.3 Å². The number of fused-ring (bicyclic) bond motifs is 3. The summed E-state index contributed by atoms with van der Waals surface area (Å²) in [6.07, 6.45) is 1.57. The van der Waals surface area contributed by atoms with Gasteiger partial charge in [0, 0.05) is 46.9 Å². The minimum atomic E-state index is -1.32. The number of carbonyl (C=O) groups is 1. The summed E-state index contributed by atoms with van der Waals surface area (Å²) in [4.78, 5) is 16.5. The summed E-state index contributed by atoms with van der Waals surface area (Å²) in [6.45, 7) is 5.46. The average molecular weight is 605 g/mol. The molecule has 1 N–H and O–H groups in total. The van der Waals surface area contributed by atoms with Crippen molar-refractivity contribution in [2.45, 2.75) is 50.9 Å². The number of halogens is 3. The van der Waals surface area contributed by atoms with Gasteiger partial charge in [0.1, 0.15) is 36.3 Å². The molecule has 11 heteroatoms. The highest BCUT2D eigenvalue weighted by Crippen LogP contribution is 2.47. The molecule has 0 bridgehead atoms. The molecule has 0 spiro atoms. The molecule has 1 aliphatic heterocycles. The van der Waals surface area contributed by atoms with Gasteiger partial charge in [-0.1, -0.05) is 18.2 Å². The molecule has 1 aliphatic carbocycles. The van der Waals surface area contributed by atoms with Crippen LogP contribution < -0.4 is 4.74 Å². The number of hydrogen-bond donors (Lipinski definition) is 1. The van der Waals surface area contributed by atoms with Crippen LogP contribution in [0.1, 0.15) is 49.6 Å². The third-order valence-corrected chi connectivity index (χ3v) is 7.87. The number of benzene rings is 2. The minimum absolute atomic E-state index is 0.0498. The van der Waals surface area contributed by atoms with Gasteiger partial charge in [0.15, 0.2) is 0 Å². The first-order valence-corrected chi connectivity index (χ1v) is 14.8. The van der Waals surface area contributed by atoms with E-state index in [0.717, 1.165) is 16.5 Å². The van der Waals surface area contributed by atoms with Gasteiger partial charge in [-0.05, 0) is 44.7 Å². The molecule has 1 saturated carbocycles. The number of alkyl halides is 1. The zero-order valence-corrected chi connectivity index (χ0v) is 24.6. The van der Waals surface area contributed by atoms with Gasteiger partial charge in [-0.15, -0.1) is 0 Å². The number of aromatic nitrogens is 1. The van der Waals surface area contributed by atoms with E-state index in [1.807, 2.05) is 36.1 Å². The zero-order valence-electron chi connectivity index (χ0n) is 24.6. The van der Waals surface area contributed by atoms with Crippen LogP contribution in [0.25, 0.3) is 10.9 Å². The second kappa shape index (κ2) is 14.1. The number of esters is 1. The molecule has 43 heavy (non-hydrogen) atoms. The van der Waals surface area contributed by atoms with Crippen LogP contribution in [-0.4, -0.2) is 87.0 Å². The molecule has 234 valence electrons. The maximum Gasteiger partial charge on any atom is 0.332 e. The number of aromatic amines is 1. The van der Waals surface area contributed by atoms with E-state index in [2.05, 4.69) is 4.98 Å². The van der Waals surface area contributed by atoms with Gasteiger partial charge < -0.3 is 28.7 Å². The fraction of sp³-hybridized carbons (Fsp3) is 0.531. The molecular weight excluding hydrogens is 565 g/mol. The Balaban J connectivity index is 1.17. The van der Waals surface area contributed by atoms with E-state index in [-0.39, 0.29) is 50.3 Å². The number of rotatable bonds is 16. The summed E-state index contributed by atoms with van der Waals surface area (Å²) in [5, 5.41) is 1.02. The van der Waals surface area contributed by atoms with Gasteiger partial charge >= 0.3 is 5.97 Å². The molecule has 0 amide bonds. The fourth-order valence-electron chi connectivity index (χ4n) is 5.61. The van der Waals surface area contributed by atoms with Gasteiger partial charge in [-0.2, -0.15) is 0 Å². The molecule has 2 atom stereocenters. The maximum atomic E-state index is 15.7. The SMILES string of the molecule is CCOC(=O)COCCOCCOCCOc1cc(F)c([C@@H]2c3[nH]c4ccccc4c3C[C@@H](C)N2CC2(F)CC2)c(F)c1. The van der Waals surface area contributed by atoms with Crippen LogP contribution in [0, 0.1) is 11.6 Å². The number of para-hydroxylation sites is 1. The predicted octanol–water partition coefficient (Wildman–Crippen LogP) is 5.28. The van der Waals surface area contributed by atoms with Crippen molar-refractivity contribution in [3.8, 4) is 5.75 Å². The molecule has 0 unspecified atom stereocenters. The van der Waals surface area contributed by atoms with Crippen LogP contribution in [0.2, 0.25) is 0 Å². The van der Waals surface area contributed by atoms with E-state index >= 15 is 13.2 Å². The summed E-state index contributed by atoms with van der Waals surface area (Å²) >= 11 is 0. The van der Waals surface area contributed by atoms with Crippen molar-refractivity contribution in [2.75, 3.05) is 59.4 Å². The largest absolute Gasteiger partial charge is 0.491 e. The highest BCUT2D eigenvalue weighted by Gasteiger charge is 2.49. The summed E-state index contributed by atoms with van der Waals surface area (Å²) < 4.78 is 72.8. The predicted molar refractivity (Wildman–Crippen MR) is 154 cm³/mol. The quantitative estimate of drug-likeness (QED) is 0.176. The highest BCUT2D eigenvalue weighted by atomic mass is 19.1. The summed E-state index contributed by atoms with van der Waals surface area (Å²) in [7, 11) is 0. The van der Waals surface area contributed by atoms with Crippen LogP contribution in [0.4, 0.5) is 13.2 Å². The van der Waals surface area contributed by atoms with Crippen molar-refractivity contribution in [1.82, 2.24) is 9.88 Å². The number of hydrogen-bond acceptors (Lipinski definition) is 7. The zero-order chi connectivity index (χ0) is 30.4. The Morgan fingerprint density at radius 1 is 1.00 bits per heavy atom. The molecule has 3 aromatic rings. The Bertz CT molecular complexity index is 1370. The van der Waals surface area contributed by atoms with Crippen LogP contribution in [-0.2, 0) is 30.2 Å². The third-order valence-electron chi connectivity index (χ3n) is 7.87. The highest BCUT2D eigenvalue weighted by molar-refractivity contribution is 5.85. The van der Waals surface area contributed by atoms with Crippen LogP contribution >= 0.6 is 0 Å². The Kier molecular flexibility index (Phi) is 10.3. The van der Waals surface area contributed by atoms with Gasteiger partial charge in [0.25, 0.3) is 0 Å². The van der Waals surface area contributed by atoms with Crippen molar-refractivity contribution in [2.24, 2.45) is 0 Å². The van der Waals surface area contributed by atoms with Gasteiger partial charge in [-0.25, -0.2) is 18.0 Å². The van der Waals surface area contributed by atoms with Crippen LogP contribution in [0.15, 0.2) is 36.4 Å². The monoisotopic (exact) mass is 604 g/mol. The second-order valence-corrected chi connectivity index (χ2v) is 11.1. The lowest BCUT2D eigenvalue weighted by molar-refractivity contribution is -0.149. The molecule has 5 rings (SSSR count). The summed E-state index contributed by atoms with van der Waals surface area (Å²) in [6, 6.07) is 9.25. The van der Waals surface area contributed by atoms with Crippen molar-refractivity contribution in [1.29, 1.82) is 0 Å². The van der Waals surface area contributed by atoms with Crippen LogP contribution in [0.5, 0.6) is 5.75 Å².